The minimum absolute atomic E-state index is 0.107. The number of esters is 1. The van der Waals surface area contributed by atoms with Gasteiger partial charge < -0.3 is 19.8 Å². The van der Waals surface area contributed by atoms with Crippen LogP contribution < -0.4 is 0 Å². The Hall–Kier alpha value is -1.14. The summed E-state index contributed by atoms with van der Waals surface area (Å²) in [6, 6.07) is 0. The third-order valence-electron chi connectivity index (χ3n) is 3.14. The summed E-state index contributed by atoms with van der Waals surface area (Å²) < 4.78 is 4.34. The van der Waals surface area contributed by atoms with Crippen molar-refractivity contribution in [1.82, 2.24) is 4.90 Å². The molecule has 1 rings (SSSR count). The van der Waals surface area contributed by atoms with Gasteiger partial charge in [0.2, 0.25) is 0 Å². The molecule has 0 bridgehead atoms. The van der Waals surface area contributed by atoms with E-state index in [4.69, 9.17) is 10.2 Å². The number of methoxy groups -OCH3 is 1. The van der Waals surface area contributed by atoms with Crippen molar-refractivity contribution in [2.45, 2.75) is 12.8 Å². The van der Waals surface area contributed by atoms with Crippen LogP contribution in [0.25, 0.3) is 0 Å². The van der Waals surface area contributed by atoms with E-state index in [2.05, 4.69) is 4.74 Å². The molecular weight excluding hydrogens is 214 g/mol. The first-order valence-corrected chi connectivity index (χ1v) is 5.17. The Labute approximate surface area is 93.8 Å². The van der Waals surface area contributed by atoms with Gasteiger partial charge in [-0.15, -0.1) is 0 Å². The highest BCUT2D eigenvalue weighted by Gasteiger charge is 2.36. The van der Waals surface area contributed by atoms with E-state index in [1.807, 2.05) is 0 Å². The van der Waals surface area contributed by atoms with Crippen LogP contribution in [0.2, 0.25) is 0 Å². The molecule has 1 saturated heterocycles. The molecule has 0 radical (unpaired) electrons. The van der Waals surface area contributed by atoms with Crippen molar-refractivity contribution in [3.63, 3.8) is 0 Å². The minimum atomic E-state index is -0.875. The molecule has 0 spiro atoms. The maximum Gasteiger partial charge on any atom is 0.396 e. The second kappa shape index (κ2) is 5.27. The van der Waals surface area contributed by atoms with Crippen molar-refractivity contribution >= 4 is 11.9 Å². The number of likely N-dealkylation sites (tertiary alicyclic amines) is 1. The van der Waals surface area contributed by atoms with Gasteiger partial charge in [-0.25, -0.2) is 4.79 Å². The molecule has 1 amide bonds. The van der Waals surface area contributed by atoms with Gasteiger partial charge in [0, 0.05) is 18.5 Å². The van der Waals surface area contributed by atoms with Gasteiger partial charge in [0.05, 0.1) is 20.3 Å². The second-order valence-electron chi connectivity index (χ2n) is 4.10. The Kier molecular flexibility index (Phi) is 4.26. The molecule has 2 N–H and O–H groups in total. The van der Waals surface area contributed by atoms with Crippen LogP contribution in [-0.2, 0) is 14.3 Å². The summed E-state index contributed by atoms with van der Waals surface area (Å²) in [6.45, 7) is 0.498. The van der Waals surface area contributed by atoms with E-state index in [1.165, 1.54) is 4.90 Å². The van der Waals surface area contributed by atoms with Crippen molar-refractivity contribution in [2.75, 3.05) is 33.4 Å². The molecule has 1 heterocycles. The van der Waals surface area contributed by atoms with Crippen LogP contribution in [0.3, 0.4) is 0 Å². The number of piperidine rings is 1. The zero-order valence-electron chi connectivity index (χ0n) is 9.31. The van der Waals surface area contributed by atoms with Crippen LogP contribution in [0.1, 0.15) is 12.8 Å². The number of carbonyl (C=O) groups is 2. The topological polar surface area (TPSA) is 87.1 Å². The summed E-state index contributed by atoms with van der Waals surface area (Å²) in [5.74, 6) is -1.53. The highest BCUT2D eigenvalue weighted by Crippen LogP contribution is 2.30. The lowest BCUT2D eigenvalue weighted by Gasteiger charge is -2.38. The number of hydrogen-bond donors (Lipinski definition) is 2. The van der Waals surface area contributed by atoms with E-state index in [-0.39, 0.29) is 13.2 Å². The fraction of sp³-hybridized carbons (Fsp3) is 0.800. The highest BCUT2D eigenvalue weighted by atomic mass is 16.5. The minimum Gasteiger partial charge on any atom is -0.462 e. The third-order valence-corrected chi connectivity index (χ3v) is 3.14. The zero-order chi connectivity index (χ0) is 12.2. The fourth-order valence-corrected chi connectivity index (χ4v) is 1.77. The highest BCUT2D eigenvalue weighted by molar-refractivity contribution is 6.32. The lowest BCUT2D eigenvalue weighted by atomic mass is 9.80. The number of nitrogens with zero attached hydrogens (tertiary/aromatic N) is 1. The van der Waals surface area contributed by atoms with Crippen LogP contribution in [0.4, 0.5) is 0 Å². The molecule has 0 aromatic carbocycles. The van der Waals surface area contributed by atoms with Crippen LogP contribution in [-0.4, -0.2) is 60.4 Å². The number of amides is 1. The largest absolute Gasteiger partial charge is 0.462 e. The first kappa shape index (κ1) is 12.9. The number of aliphatic hydroxyl groups is 2. The van der Waals surface area contributed by atoms with Crippen LogP contribution in [0, 0.1) is 5.41 Å². The summed E-state index contributed by atoms with van der Waals surface area (Å²) >= 11 is 0. The van der Waals surface area contributed by atoms with E-state index < -0.39 is 17.3 Å². The summed E-state index contributed by atoms with van der Waals surface area (Å²) in [5.41, 5.74) is -0.521. The van der Waals surface area contributed by atoms with E-state index in [9.17, 15) is 9.59 Å². The molecule has 0 unspecified atom stereocenters. The normalized spacial score (nSPS) is 19.3. The third kappa shape index (κ3) is 2.51. The van der Waals surface area contributed by atoms with E-state index >= 15 is 0 Å². The molecule has 6 nitrogen and oxygen atoms in total. The van der Waals surface area contributed by atoms with Crippen LogP contribution >= 0.6 is 0 Å². The monoisotopic (exact) mass is 231 g/mol. The quantitative estimate of drug-likeness (QED) is 0.458. The van der Waals surface area contributed by atoms with Gasteiger partial charge >= 0.3 is 11.9 Å². The van der Waals surface area contributed by atoms with Crippen molar-refractivity contribution in [3.05, 3.63) is 0 Å². The molecule has 6 heteroatoms. The number of ether oxygens (including phenoxy) is 1. The van der Waals surface area contributed by atoms with Crippen molar-refractivity contribution in [2.24, 2.45) is 5.41 Å². The summed E-state index contributed by atoms with van der Waals surface area (Å²) in [6.07, 6.45) is 0.978. The molecule has 92 valence electrons. The Morgan fingerprint density at radius 1 is 1.25 bits per heavy atom. The maximum absolute atomic E-state index is 11.4. The Bertz CT molecular complexity index is 264. The molecule has 0 aliphatic carbocycles. The van der Waals surface area contributed by atoms with Gasteiger partial charge in [0.25, 0.3) is 0 Å². The Morgan fingerprint density at radius 2 is 1.75 bits per heavy atom. The average molecular weight is 231 g/mol. The number of carbonyl (C=O) groups excluding carboxylic acids is 2. The van der Waals surface area contributed by atoms with Crippen LogP contribution in [0.5, 0.6) is 0 Å². The van der Waals surface area contributed by atoms with E-state index in [0.29, 0.717) is 25.9 Å². The second-order valence-corrected chi connectivity index (χ2v) is 4.10. The van der Waals surface area contributed by atoms with Gasteiger partial charge in [-0.3, -0.25) is 4.79 Å². The Morgan fingerprint density at radius 3 is 2.12 bits per heavy atom. The van der Waals surface area contributed by atoms with Crippen molar-refractivity contribution < 1.29 is 24.5 Å². The van der Waals surface area contributed by atoms with Crippen molar-refractivity contribution in [1.29, 1.82) is 0 Å². The van der Waals surface area contributed by atoms with E-state index in [0.717, 1.165) is 7.11 Å². The molecule has 1 aliphatic heterocycles. The molecule has 1 fully saturated rings. The SMILES string of the molecule is COC(=O)C(=O)N1CCC(CO)(CO)CC1. The molecule has 0 atom stereocenters. The van der Waals surface area contributed by atoms with Crippen molar-refractivity contribution in [3.8, 4) is 0 Å². The molecule has 16 heavy (non-hydrogen) atoms. The molecule has 0 aromatic rings. The molecular formula is C10H17NO5. The smallest absolute Gasteiger partial charge is 0.396 e. The van der Waals surface area contributed by atoms with Gasteiger partial charge in [-0.05, 0) is 12.8 Å². The standard InChI is InChI=1S/C10H17NO5/c1-16-9(15)8(14)11-4-2-10(6-12,7-13)3-5-11/h12-13H,2-7H2,1H3. The molecule has 0 aromatic heterocycles. The number of hydrogen-bond acceptors (Lipinski definition) is 5. The van der Waals surface area contributed by atoms with Crippen LogP contribution in [0.15, 0.2) is 0 Å². The molecule has 1 aliphatic rings. The first-order chi connectivity index (χ1) is 7.58. The number of aliphatic hydroxyl groups excluding tert-OH is 2. The predicted molar refractivity (Wildman–Crippen MR) is 54.4 cm³/mol. The predicted octanol–water partition coefficient (Wildman–Crippen LogP) is -1.25. The van der Waals surface area contributed by atoms with Gasteiger partial charge in [0.1, 0.15) is 0 Å². The lowest BCUT2D eigenvalue weighted by Crippen LogP contribution is -2.48. The summed E-state index contributed by atoms with van der Waals surface area (Å²) in [5, 5.41) is 18.3. The maximum atomic E-state index is 11.4. The van der Waals surface area contributed by atoms with Gasteiger partial charge in [0.15, 0.2) is 0 Å². The van der Waals surface area contributed by atoms with Gasteiger partial charge in [-0.2, -0.15) is 0 Å². The summed E-state index contributed by atoms with van der Waals surface area (Å²) in [4.78, 5) is 23.8. The Balaban J connectivity index is 2.55. The number of rotatable bonds is 2. The average Bonchev–Trinajstić information content (AvgIpc) is 2.37. The van der Waals surface area contributed by atoms with Gasteiger partial charge in [-0.1, -0.05) is 0 Å². The summed E-state index contributed by atoms with van der Waals surface area (Å²) in [7, 11) is 1.16. The van der Waals surface area contributed by atoms with E-state index in [1.54, 1.807) is 0 Å². The zero-order valence-corrected chi connectivity index (χ0v) is 9.31. The lowest BCUT2D eigenvalue weighted by molar-refractivity contribution is -0.159. The fourth-order valence-electron chi connectivity index (χ4n) is 1.77. The first-order valence-electron chi connectivity index (χ1n) is 5.17. The molecule has 0 saturated carbocycles.